The molecular formula is C19H27N3O3. The second kappa shape index (κ2) is 7.38. The Morgan fingerprint density at radius 1 is 1.24 bits per heavy atom. The van der Waals surface area contributed by atoms with E-state index in [1.54, 1.807) is 12.4 Å². The summed E-state index contributed by atoms with van der Waals surface area (Å²) >= 11 is 0. The summed E-state index contributed by atoms with van der Waals surface area (Å²) in [6, 6.07) is 0. The van der Waals surface area contributed by atoms with Crippen LogP contribution in [0.5, 0.6) is 0 Å². The van der Waals surface area contributed by atoms with Crippen molar-refractivity contribution in [1.29, 1.82) is 0 Å². The maximum absolute atomic E-state index is 12.7. The van der Waals surface area contributed by atoms with E-state index in [4.69, 9.17) is 9.47 Å². The average Bonchev–Trinajstić information content (AvgIpc) is 3.05. The standard InChI is InChI=1S/C19H27N3O3/c23-18(16-1-9-24-10-2-16)22-7-3-19(4-8-22)12-15(14-25-19)11-17-13-20-5-6-21-17/h5-6,13,15-16H,1-4,7-12,14H2/t15-/m0/s1. The molecule has 3 saturated heterocycles. The third-order valence-electron chi connectivity index (χ3n) is 5.96. The molecular weight excluding hydrogens is 318 g/mol. The zero-order valence-corrected chi connectivity index (χ0v) is 14.7. The molecule has 1 spiro atoms. The van der Waals surface area contributed by atoms with Crippen molar-refractivity contribution < 1.29 is 14.3 Å². The SMILES string of the molecule is O=C(C1CCOCC1)N1CCC2(CC1)C[C@H](Cc1cnccn1)CO2. The molecule has 136 valence electrons. The van der Waals surface area contributed by atoms with Gasteiger partial charge < -0.3 is 14.4 Å². The van der Waals surface area contributed by atoms with Crippen molar-refractivity contribution in [3.8, 4) is 0 Å². The van der Waals surface area contributed by atoms with Crippen LogP contribution < -0.4 is 0 Å². The number of carbonyl (C=O) groups is 1. The minimum Gasteiger partial charge on any atom is -0.381 e. The Kier molecular flexibility index (Phi) is 4.99. The third kappa shape index (κ3) is 3.85. The van der Waals surface area contributed by atoms with Crippen molar-refractivity contribution in [3.05, 3.63) is 24.3 Å². The van der Waals surface area contributed by atoms with Gasteiger partial charge in [0.2, 0.25) is 5.91 Å². The first-order chi connectivity index (χ1) is 12.2. The van der Waals surface area contributed by atoms with Crippen LogP contribution in [0.2, 0.25) is 0 Å². The molecule has 1 amide bonds. The van der Waals surface area contributed by atoms with Gasteiger partial charge in [-0.1, -0.05) is 0 Å². The molecule has 25 heavy (non-hydrogen) atoms. The van der Waals surface area contributed by atoms with Crippen LogP contribution >= 0.6 is 0 Å². The number of nitrogens with zero attached hydrogens (tertiary/aromatic N) is 3. The van der Waals surface area contributed by atoms with Crippen molar-refractivity contribution in [2.75, 3.05) is 32.9 Å². The van der Waals surface area contributed by atoms with Gasteiger partial charge in [0.05, 0.1) is 17.9 Å². The molecule has 1 aromatic rings. The maximum Gasteiger partial charge on any atom is 0.225 e. The van der Waals surface area contributed by atoms with Crippen molar-refractivity contribution in [2.45, 2.75) is 44.1 Å². The summed E-state index contributed by atoms with van der Waals surface area (Å²) in [5.74, 6) is 0.999. The number of hydrogen-bond acceptors (Lipinski definition) is 5. The Hall–Kier alpha value is -1.53. The molecule has 1 atom stereocenters. The lowest BCUT2D eigenvalue weighted by Crippen LogP contribution is -2.48. The summed E-state index contributed by atoms with van der Waals surface area (Å²) in [5, 5.41) is 0. The van der Waals surface area contributed by atoms with Crippen LogP contribution in [-0.2, 0) is 20.7 Å². The smallest absolute Gasteiger partial charge is 0.225 e. The van der Waals surface area contributed by atoms with Crippen LogP contribution in [0.15, 0.2) is 18.6 Å². The Morgan fingerprint density at radius 3 is 2.76 bits per heavy atom. The van der Waals surface area contributed by atoms with Crippen molar-refractivity contribution in [2.24, 2.45) is 11.8 Å². The van der Waals surface area contributed by atoms with Gasteiger partial charge in [-0.05, 0) is 44.4 Å². The average molecular weight is 345 g/mol. The van der Waals surface area contributed by atoms with Gasteiger partial charge in [0.25, 0.3) is 0 Å². The van der Waals surface area contributed by atoms with Gasteiger partial charge in [-0.15, -0.1) is 0 Å². The summed E-state index contributed by atoms with van der Waals surface area (Å²) in [6.45, 7) is 3.90. The molecule has 0 unspecified atom stereocenters. The fourth-order valence-electron chi connectivity index (χ4n) is 4.49. The zero-order chi connectivity index (χ0) is 17.1. The lowest BCUT2D eigenvalue weighted by atomic mass is 9.83. The number of amides is 1. The lowest BCUT2D eigenvalue weighted by Gasteiger charge is -2.40. The predicted molar refractivity (Wildman–Crippen MR) is 91.9 cm³/mol. The van der Waals surface area contributed by atoms with E-state index in [9.17, 15) is 4.79 Å². The molecule has 0 radical (unpaired) electrons. The van der Waals surface area contributed by atoms with Gasteiger partial charge >= 0.3 is 0 Å². The summed E-state index contributed by atoms with van der Waals surface area (Å²) in [5.41, 5.74) is 1.01. The summed E-state index contributed by atoms with van der Waals surface area (Å²) < 4.78 is 11.6. The Bertz CT molecular complexity index is 581. The Labute approximate surface area is 148 Å². The van der Waals surface area contributed by atoms with Crippen LogP contribution in [0, 0.1) is 11.8 Å². The lowest BCUT2D eigenvalue weighted by molar-refractivity contribution is -0.143. The fourth-order valence-corrected chi connectivity index (χ4v) is 4.49. The van der Waals surface area contributed by atoms with E-state index in [1.807, 2.05) is 6.20 Å². The number of piperidine rings is 1. The van der Waals surface area contributed by atoms with Gasteiger partial charge in [-0.2, -0.15) is 0 Å². The van der Waals surface area contributed by atoms with Crippen LogP contribution in [0.4, 0.5) is 0 Å². The largest absolute Gasteiger partial charge is 0.381 e. The number of aromatic nitrogens is 2. The van der Waals surface area contributed by atoms with Gasteiger partial charge in [0.1, 0.15) is 0 Å². The van der Waals surface area contributed by atoms with Gasteiger partial charge in [-0.3, -0.25) is 14.8 Å². The van der Waals surface area contributed by atoms with Gasteiger partial charge in [-0.25, -0.2) is 0 Å². The molecule has 0 N–H and O–H groups in total. The van der Waals surface area contributed by atoms with Crippen LogP contribution in [0.3, 0.4) is 0 Å². The molecule has 1 aromatic heterocycles. The minimum atomic E-state index is -0.0284. The molecule has 3 aliphatic rings. The monoisotopic (exact) mass is 345 g/mol. The normalized spacial score (nSPS) is 26.9. The molecule has 0 saturated carbocycles. The van der Waals surface area contributed by atoms with E-state index >= 15 is 0 Å². The first-order valence-corrected chi connectivity index (χ1v) is 9.49. The number of hydrogen-bond donors (Lipinski definition) is 0. The summed E-state index contributed by atoms with van der Waals surface area (Å²) in [7, 11) is 0. The minimum absolute atomic E-state index is 0.0284. The maximum atomic E-state index is 12.7. The van der Waals surface area contributed by atoms with E-state index in [2.05, 4.69) is 14.9 Å². The van der Waals surface area contributed by atoms with E-state index < -0.39 is 0 Å². The molecule has 6 nitrogen and oxygen atoms in total. The highest BCUT2D eigenvalue weighted by Crippen LogP contribution is 2.40. The highest BCUT2D eigenvalue weighted by atomic mass is 16.5. The summed E-state index contributed by atoms with van der Waals surface area (Å²) in [6.07, 6.45) is 11.0. The van der Waals surface area contributed by atoms with Crippen LogP contribution in [-0.4, -0.2) is 59.3 Å². The molecule has 0 aromatic carbocycles. The molecule has 3 fully saturated rings. The predicted octanol–water partition coefficient (Wildman–Crippen LogP) is 1.84. The van der Waals surface area contributed by atoms with E-state index in [1.165, 1.54) is 0 Å². The number of ether oxygens (including phenoxy) is 2. The molecule has 0 bridgehead atoms. The highest BCUT2D eigenvalue weighted by Gasteiger charge is 2.44. The van der Waals surface area contributed by atoms with Crippen LogP contribution in [0.1, 0.15) is 37.8 Å². The van der Waals surface area contributed by atoms with Crippen molar-refractivity contribution in [1.82, 2.24) is 14.9 Å². The fraction of sp³-hybridized carbons (Fsp3) is 0.737. The molecule has 3 aliphatic heterocycles. The van der Waals surface area contributed by atoms with E-state index in [0.29, 0.717) is 11.8 Å². The Balaban J connectivity index is 1.29. The number of rotatable bonds is 3. The zero-order valence-electron chi connectivity index (χ0n) is 14.7. The number of carbonyl (C=O) groups excluding carboxylic acids is 1. The topological polar surface area (TPSA) is 64.5 Å². The highest BCUT2D eigenvalue weighted by molar-refractivity contribution is 5.79. The van der Waals surface area contributed by atoms with E-state index in [-0.39, 0.29) is 11.5 Å². The van der Waals surface area contributed by atoms with Crippen molar-refractivity contribution >= 4 is 5.91 Å². The first kappa shape index (κ1) is 16.9. The second-order valence-electron chi connectivity index (χ2n) is 7.68. The first-order valence-electron chi connectivity index (χ1n) is 9.49. The van der Waals surface area contributed by atoms with Crippen molar-refractivity contribution in [3.63, 3.8) is 0 Å². The molecule has 4 rings (SSSR count). The van der Waals surface area contributed by atoms with Crippen LogP contribution in [0.25, 0.3) is 0 Å². The summed E-state index contributed by atoms with van der Waals surface area (Å²) in [4.78, 5) is 23.3. The quantitative estimate of drug-likeness (QED) is 0.836. The van der Waals surface area contributed by atoms with E-state index in [0.717, 1.165) is 77.1 Å². The molecule has 4 heterocycles. The number of likely N-dealkylation sites (tertiary alicyclic amines) is 1. The Morgan fingerprint density at radius 2 is 2.04 bits per heavy atom. The molecule has 0 aliphatic carbocycles. The third-order valence-corrected chi connectivity index (χ3v) is 5.96. The second-order valence-corrected chi connectivity index (χ2v) is 7.68. The molecule has 6 heteroatoms. The van der Waals surface area contributed by atoms with Gasteiger partial charge in [0, 0.05) is 50.8 Å². The van der Waals surface area contributed by atoms with Gasteiger partial charge in [0.15, 0.2) is 0 Å².